The third-order valence-corrected chi connectivity index (χ3v) is 2.68. The summed E-state index contributed by atoms with van der Waals surface area (Å²) in [5.74, 6) is 1.39. The minimum Gasteiger partial charge on any atom is -0.480 e. The Morgan fingerprint density at radius 2 is 2.26 bits per heavy atom. The third kappa shape index (κ3) is 4.08. The summed E-state index contributed by atoms with van der Waals surface area (Å²) in [7, 11) is 0. The van der Waals surface area contributed by atoms with E-state index in [2.05, 4.69) is 5.92 Å². The molecule has 19 heavy (non-hydrogen) atoms. The number of hydrogen-bond donors (Lipinski definition) is 1. The molecule has 0 atom stereocenters. The molecule has 0 heterocycles. The summed E-state index contributed by atoms with van der Waals surface area (Å²) in [6.07, 6.45) is 5.18. The maximum Gasteiger partial charge on any atom is 0.317 e. The first kappa shape index (κ1) is 14.7. The Kier molecular flexibility index (Phi) is 5.03. The normalized spacial score (nSPS) is 10.2. The Hall–Kier alpha value is -2.39. The van der Waals surface area contributed by atoms with Crippen LogP contribution in [0, 0.1) is 29.4 Å². The molecular weight excluding hydrogens is 248 g/mol. The number of benzene rings is 1. The molecule has 0 spiro atoms. The van der Waals surface area contributed by atoms with Crippen molar-refractivity contribution in [2.45, 2.75) is 13.5 Å². The van der Waals surface area contributed by atoms with Crippen LogP contribution in [0.5, 0.6) is 0 Å². The van der Waals surface area contributed by atoms with Crippen molar-refractivity contribution in [2.75, 3.05) is 13.1 Å². The van der Waals surface area contributed by atoms with Gasteiger partial charge in [-0.3, -0.25) is 19.8 Å². The van der Waals surface area contributed by atoms with Crippen molar-refractivity contribution in [3.8, 4) is 12.3 Å². The Balaban J connectivity index is 2.97. The van der Waals surface area contributed by atoms with Crippen LogP contribution in [0.1, 0.15) is 11.1 Å². The molecule has 0 aromatic heterocycles. The molecule has 0 fully saturated rings. The van der Waals surface area contributed by atoms with E-state index < -0.39 is 10.9 Å². The highest BCUT2D eigenvalue weighted by atomic mass is 16.6. The van der Waals surface area contributed by atoms with E-state index >= 15 is 0 Å². The first-order valence-electron chi connectivity index (χ1n) is 5.56. The van der Waals surface area contributed by atoms with E-state index in [0.717, 1.165) is 0 Å². The van der Waals surface area contributed by atoms with Gasteiger partial charge in [0.1, 0.15) is 0 Å². The maximum atomic E-state index is 10.8. The predicted molar refractivity (Wildman–Crippen MR) is 69.6 cm³/mol. The van der Waals surface area contributed by atoms with Crippen molar-refractivity contribution >= 4 is 11.7 Å². The Bertz CT molecular complexity index is 534. The maximum absolute atomic E-state index is 10.8. The minimum atomic E-state index is -0.988. The molecule has 1 aromatic carbocycles. The van der Waals surface area contributed by atoms with E-state index in [9.17, 15) is 14.9 Å². The highest BCUT2D eigenvalue weighted by Crippen LogP contribution is 2.22. The van der Waals surface area contributed by atoms with Crippen LogP contribution in [0.3, 0.4) is 0 Å². The third-order valence-electron chi connectivity index (χ3n) is 2.68. The van der Waals surface area contributed by atoms with Gasteiger partial charge in [0.2, 0.25) is 0 Å². The van der Waals surface area contributed by atoms with Gasteiger partial charge in [0.25, 0.3) is 5.69 Å². The van der Waals surface area contributed by atoms with Crippen molar-refractivity contribution in [1.29, 1.82) is 0 Å². The summed E-state index contributed by atoms with van der Waals surface area (Å²) in [6, 6.07) is 4.73. The summed E-state index contributed by atoms with van der Waals surface area (Å²) >= 11 is 0. The molecule has 1 N–H and O–H groups in total. The number of terminal acetylenes is 1. The van der Waals surface area contributed by atoms with Crippen LogP contribution >= 0.6 is 0 Å². The van der Waals surface area contributed by atoms with Crippen molar-refractivity contribution in [3.63, 3.8) is 0 Å². The first-order valence-corrected chi connectivity index (χ1v) is 5.56. The molecule has 6 heteroatoms. The van der Waals surface area contributed by atoms with Gasteiger partial charge in [-0.1, -0.05) is 18.1 Å². The molecular formula is C13H14N2O4. The molecule has 0 bridgehead atoms. The van der Waals surface area contributed by atoms with Gasteiger partial charge in [0.15, 0.2) is 0 Å². The summed E-state index contributed by atoms with van der Waals surface area (Å²) in [5, 5.41) is 19.6. The summed E-state index contributed by atoms with van der Waals surface area (Å²) in [5.41, 5.74) is 1.25. The number of carboxylic acids is 1. The fraction of sp³-hybridized carbons (Fsp3) is 0.308. The largest absolute Gasteiger partial charge is 0.480 e. The fourth-order valence-electron chi connectivity index (χ4n) is 1.77. The van der Waals surface area contributed by atoms with Gasteiger partial charge in [-0.2, -0.15) is 0 Å². The van der Waals surface area contributed by atoms with Crippen LogP contribution in [-0.2, 0) is 11.3 Å². The van der Waals surface area contributed by atoms with Gasteiger partial charge in [-0.25, -0.2) is 0 Å². The molecule has 0 aliphatic heterocycles. The molecule has 0 amide bonds. The standard InChI is InChI=1S/C13H14N2O4/c1-3-7-14(9-13(16)17)8-11-5-4-6-12(10(11)2)15(18)19/h1,4-6H,7-9H2,2H3,(H,16,17). The molecule has 0 saturated heterocycles. The minimum absolute atomic E-state index is 0.0217. The number of nitro groups is 1. The van der Waals surface area contributed by atoms with E-state index in [-0.39, 0.29) is 25.3 Å². The van der Waals surface area contributed by atoms with E-state index in [1.54, 1.807) is 19.1 Å². The Morgan fingerprint density at radius 3 is 2.79 bits per heavy atom. The van der Waals surface area contributed by atoms with Crippen molar-refractivity contribution in [3.05, 3.63) is 39.4 Å². The Labute approximate surface area is 110 Å². The van der Waals surface area contributed by atoms with Crippen molar-refractivity contribution < 1.29 is 14.8 Å². The van der Waals surface area contributed by atoms with Gasteiger partial charge in [-0.15, -0.1) is 6.42 Å². The lowest BCUT2D eigenvalue weighted by molar-refractivity contribution is -0.385. The van der Waals surface area contributed by atoms with Crippen LogP contribution < -0.4 is 0 Å². The summed E-state index contributed by atoms with van der Waals surface area (Å²) in [6.45, 7) is 1.88. The van der Waals surface area contributed by atoms with Gasteiger partial charge < -0.3 is 5.11 Å². The molecule has 0 aliphatic rings. The summed E-state index contributed by atoms with van der Waals surface area (Å²) < 4.78 is 0. The quantitative estimate of drug-likeness (QED) is 0.476. The van der Waals surface area contributed by atoms with E-state index in [4.69, 9.17) is 11.5 Å². The second-order valence-corrected chi connectivity index (χ2v) is 4.06. The van der Waals surface area contributed by atoms with Crippen LogP contribution in [0.4, 0.5) is 5.69 Å². The Morgan fingerprint density at radius 1 is 1.58 bits per heavy atom. The lowest BCUT2D eigenvalue weighted by Crippen LogP contribution is -2.30. The van der Waals surface area contributed by atoms with Crippen LogP contribution in [-0.4, -0.2) is 34.0 Å². The number of rotatable bonds is 6. The molecule has 0 radical (unpaired) electrons. The van der Waals surface area contributed by atoms with E-state index in [1.165, 1.54) is 11.0 Å². The molecule has 0 aliphatic carbocycles. The lowest BCUT2D eigenvalue weighted by Gasteiger charge is -2.18. The smallest absolute Gasteiger partial charge is 0.317 e. The molecule has 6 nitrogen and oxygen atoms in total. The number of carboxylic acid groups (broad SMARTS) is 1. The van der Waals surface area contributed by atoms with Gasteiger partial charge in [-0.05, 0) is 12.5 Å². The molecule has 1 rings (SSSR count). The number of hydrogen-bond acceptors (Lipinski definition) is 4. The van der Waals surface area contributed by atoms with Crippen LogP contribution in [0.25, 0.3) is 0 Å². The zero-order chi connectivity index (χ0) is 14.4. The highest BCUT2D eigenvalue weighted by Gasteiger charge is 2.16. The number of nitrogens with zero attached hydrogens (tertiary/aromatic N) is 2. The van der Waals surface area contributed by atoms with Gasteiger partial charge >= 0.3 is 5.97 Å². The van der Waals surface area contributed by atoms with Crippen molar-refractivity contribution in [1.82, 2.24) is 4.90 Å². The molecule has 0 saturated carbocycles. The monoisotopic (exact) mass is 262 g/mol. The van der Waals surface area contributed by atoms with Crippen molar-refractivity contribution in [2.24, 2.45) is 0 Å². The predicted octanol–water partition coefficient (Wildman–Crippen LogP) is 1.42. The second kappa shape index (κ2) is 6.52. The number of carbonyl (C=O) groups is 1. The van der Waals surface area contributed by atoms with E-state index in [1.807, 2.05) is 0 Å². The summed E-state index contributed by atoms with van der Waals surface area (Å²) in [4.78, 5) is 22.6. The average molecular weight is 262 g/mol. The zero-order valence-corrected chi connectivity index (χ0v) is 10.5. The second-order valence-electron chi connectivity index (χ2n) is 4.06. The first-order chi connectivity index (χ1) is 8.95. The van der Waals surface area contributed by atoms with E-state index in [0.29, 0.717) is 11.1 Å². The van der Waals surface area contributed by atoms with Crippen LogP contribution in [0.15, 0.2) is 18.2 Å². The van der Waals surface area contributed by atoms with Gasteiger partial charge in [0, 0.05) is 18.2 Å². The zero-order valence-electron chi connectivity index (χ0n) is 10.5. The van der Waals surface area contributed by atoms with Gasteiger partial charge in [0.05, 0.1) is 18.0 Å². The topological polar surface area (TPSA) is 83.7 Å². The number of aliphatic carboxylic acids is 1. The average Bonchev–Trinajstić information content (AvgIpc) is 2.31. The van der Waals surface area contributed by atoms with Crippen LogP contribution in [0.2, 0.25) is 0 Å². The number of nitro benzene ring substituents is 1. The molecule has 1 aromatic rings. The fourth-order valence-corrected chi connectivity index (χ4v) is 1.77. The molecule has 100 valence electrons. The molecule has 0 unspecified atom stereocenters. The highest BCUT2D eigenvalue weighted by molar-refractivity contribution is 5.69. The SMILES string of the molecule is C#CCN(CC(=O)O)Cc1cccc([N+](=O)[O-])c1C. The lowest BCUT2D eigenvalue weighted by atomic mass is 10.1.